The lowest BCUT2D eigenvalue weighted by Crippen LogP contribution is -2.49. The van der Waals surface area contributed by atoms with Crippen LogP contribution in [-0.4, -0.2) is 61.2 Å². The lowest BCUT2D eigenvalue weighted by atomic mass is 10.3. The maximum Gasteiger partial charge on any atom is 0.243 e. The molecule has 1 N–H and O–H groups in total. The SMILES string of the molecule is COc1ccc(S(=O)(=O)N2CCN(c3ccc(Nc4cccc(C)n4)nn3)CC2)cc1Cl. The van der Waals surface area contributed by atoms with E-state index in [-0.39, 0.29) is 9.92 Å². The van der Waals surface area contributed by atoms with Gasteiger partial charge < -0.3 is 15.0 Å². The van der Waals surface area contributed by atoms with E-state index in [1.54, 1.807) is 6.07 Å². The lowest BCUT2D eigenvalue weighted by molar-refractivity contribution is 0.383. The van der Waals surface area contributed by atoms with E-state index in [2.05, 4.69) is 20.5 Å². The average Bonchev–Trinajstić information content (AvgIpc) is 2.79. The first-order chi connectivity index (χ1) is 15.4. The third-order valence-corrected chi connectivity index (χ3v) is 7.31. The Hall–Kier alpha value is -2.95. The molecule has 0 amide bonds. The second-order valence-electron chi connectivity index (χ2n) is 7.25. The monoisotopic (exact) mass is 474 g/mol. The second kappa shape index (κ2) is 9.27. The molecule has 0 spiro atoms. The first-order valence-corrected chi connectivity index (χ1v) is 11.8. The van der Waals surface area contributed by atoms with E-state index in [0.717, 1.165) is 5.69 Å². The van der Waals surface area contributed by atoms with Crippen molar-refractivity contribution in [3.8, 4) is 5.75 Å². The van der Waals surface area contributed by atoms with Crippen LogP contribution in [0.25, 0.3) is 0 Å². The molecular weight excluding hydrogens is 452 g/mol. The van der Waals surface area contributed by atoms with Crippen molar-refractivity contribution >= 4 is 39.1 Å². The van der Waals surface area contributed by atoms with Gasteiger partial charge in [-0.05, 0) is 49.4 Å². The van der Waals surface area contributed by atoms with Crippen molar-refractivity contribution in [2.75, 3.05) is 43.5 Å². The molecule has 9 nitrogen and oxygen atoms in total. The maximum atomic E-state index is 13.0. The fourth-order valence-electron chi connectivity index (χ4n) is 3.42. The molecule has 32 heavy (non-hydrogen) atoms. The summed E-state index contributed by atoms with van der Waals surface area (Å²) in [7, 11) is -2.16. The Labute approximate surface area is 192 Å². The average molecular weight is 475 g/mol. The number of aromatic nitrogens is 3. The van der Waals surface area contributed by atoms with Crippen LogP contribution < -0.4 is 15.0 Å². The van der Waals surface area contributed by atoms with Crippen LogP contribution in [-0.2, 0) is 10.0 Å². The topological polar surface area (TPSA) is 101 Å². The summed E-state index contributed by atoms with van der Waals surface area (Å²) in [5, 5.41) is 11.9. The van der Waals surface area contributed by atoms with Crippen LogP contribution in [0.5, 0.6) is 5.75 Å². The van der Waals surface area contributed by atoms with Gasteiger partial charge in [0.15, 0.2) is 11.6 Å². The van der Waals surface area contributed by atoms with Crippen LogP contribution >= 0.6 is 11.6 Å². The number of methoxy groups -OCH3 is 1. The number of pyridine rings is 1. The molecule has 0 unspecified atom stereocenters. The fourth-order valence-corrected chi connectivity index (χ4v) is 5.19. The number of ether oxygens (including phenoxy) is 1. The Morgan fingerprint density at radius 1 is 1.00 bits per heavy atom. The van der Waals surface area contributed by atoms with E-state index in [1.807, 2.05) is 42.2 Å². The van der Waals surface area contributed by atoms with Gasteiger partial charge in [-0.1, -0.05) is 17.7 Å². The number of nitrogens with one attached hydrogen (secondary N) is 1. The number of sulfonamides is 1. The van der Waals surface area contributed by atoms with Crippen molar-refractivity contribution in [2.45, 2.75) is 11.8 Å². The minimum Gasteiger partial charge on any atom is -0.495 e. The van der Waals surface area contributed by atoms with Gasteiger partial charge in [0.05, 0.1) is 17.0 Å². The number of hydrogen-bond acceptors (Lipinski definition) is 8. The van der Waals surface area contributed by atoms with E-state index >= 15 is 0 Å². The summed E-state index contributed by atoms with van der Waals surface area (Å²) < 4.78 is 32.5. The first-order valence-electron chi connectivity index (χ1n) is 10.00. The molecule has 1 aromatic carbocycles. The zero-order valence-corrected chi connectivity index (χ0v) is 19.3. The number of rotatable bonds is 6. The van der Waals surface area contributed by atoms with Crippen LogP contribution in [0, 0.1) is 6.92 Å². The van der Waals surface area contributed by atoms with Crippen LogP contribution in [0.2, 0.25) is 5.02 Å². The van der Waals surface area contributed by atoms with Crippen LogP contribution in [0.3, 0.4) is 0 Å². The van der Waals surface area contributed by atoms with Crippen LogP contribution in [0.1, 0.15) is 5.69 Å². The zero-order chi connectivity index (χ0) is 22.7. The van der Waals surface area contributed by atoms with E-state index < -0.39 is 10.0 Å². The smallest absolute Gasteiger partial charge is 0.243 e. The quantitative estimate of drug-likeness (QED) is 0.581. The highest BCUT2D eigenvalue weighted by molar-refractivity contribution is 7.89. The predicted molar refractivity (Wildman–Crippen MR) is 123 cm³/mol. The van der Waals surface area contributed by atoms with Gasteiger partial charge in [0.2, 0.25) is 10.0 Å². The summed E-state index contributed by atoms with van der Waals surface area (Å²) in [5.41, 5.74) is 0.907. The molecule has 2 aromatic heterocycles. The van der Waals surface area contributed by atoms with Gasteiger partial charge in [0, 0.05) is 31.9 Å². The standard InChI is InChI=1S/C21H23ClN6O3S/c1-15-4-3-5-19(23-15)24-20-8-9-21(26-25-20)27-10-12-28(13-11-27)32(29,30)16-6-7-18(31-2)17(22)14-16/h3-9,14H,10-13H2,1-2H3,(H,23,24,25). The second-order valence-corrected chi connectivity index (χ2v) is 9.60. The van der Waals surface area contributed by atoms with Crippen molar-refractivity contribution in [3.63, 3.8) is 0 Å². The van der Waals surface area contributed by atoms with Crippen molar-refractivity contribution in [2.24, 2.45) is 0 Å². The van der Waals surface area contributed by atoms with Crippen molar-refractivity contribution in [1.29, 1.82) is 0 Å². The van der Waals surface area contributed by atoms with E-state index in [1.165, 1.54) is 23.5 Å². The van der Waals surface area contributed by atoms with Gasteiger partial charge in [-0.15, -0.1) is 10.2 Å². The molecule has 1 aliphatic heterocycles. The number of benzene rings is 1. The molecule has 0 aliphatic carbocycles. The summed E-state index contributed by atoms with van der Waals surface area (Å²) in [4.78, 5) is 6.54. The zero-order valence-electron chi connectivity index (χ0n) is 17.7. The Kier molecular flexibility index (Phi) is 6.45. The van der Waals surface area contributed by atoms with Gasteiger partial charge in [-0.2, -0.15) is 4.31 Å². The number of hydrogen-bond donors (Lipinski definition) is 1. The molecule has 4 rings (SSSR count). The number of aryl methyl sites for hydroxylation is 1. The molecule has 3 aromatic rings. The maximum absolute atomic E-state index is 13.0. The summed E-state index contributed by atoms with van der Waals surface area (Å²) in [6.45, 7) is 3.60. The molecule has 168 valence electrons. The number of halogens is 1. The predicted octanol–water partition coefficient (Wildman–Crippen LogP) is 3.10. The molecule has 0 atom stereocenters. The molecule has 11 heteroatoms. The van der Waals surface area contributed by atoms with E-state index in [0.29, 0.717) is 49.4 Å². The highest BCUT2D eigenvalue weighted by Crippen LogP contribution is 2.29. The number of piperazine rings is 1. The van der Waals surface area contributed by atoms with Gasteiger partial charge in [0.25, 0.3) is 0 Å². The van der Waals surface area contributed by atoms with Gasteiger partial charge >= 0.3 is 0 Å². The normalized spacial score (nSPS) is 14.9. The molecule has 1 fully saturated rings. The Bertz CT molecular complexity index is 1200. The molecule has 1 saturated heterocycles. The fraction of sp³-hybridized carbons (Fsp3) is 0.286. The van der Waals surface area contributed by atoms with E-state index in [9.17, 15) is 8.42 Å². The van der Waals surface area contributed by atoms with Crippen molar-refractivity contribution in [1.82, 2.24) is 19.5 Å². The van der Waals surface area contributed by atoms with E-state index in [4.69, 9.17) is 16.3 Å². The molecule has 1 aliphatic rings. The van der Waals surface area contributed by atoms with Crippen molar-refractivity contribution < 1.29 is 13.2 Å². The van der Waals surface area contributed by atoms with Gasteiger partial charge in [0.1, 0.15) is 11.6 Å². The first kappa shape index (κ1) is 22.3. The lowest BCUT2D eigenvalue weighted by Gasteiger charge is -2.34. The number of anilines is 3. The summed E-state index contributed by atoms with van der Waals surface area (Å²) in [5.74, 6) is 2.41. The van der Waals surface area contributed by atoms with Crippen LogP contribution in [0.4, 0.5) is 17.5 Å². The largest absolute Gasteiger partial charge is 0.495 e. The third-order valence-electron chi connectivity index (χ3n) is 5.12. The summed E-state index contributed by atoms with van der Waals surface area (Å²) in [6.07, 6.45) is 0. The van der Waals surface area contributed by atoms with Crippen molar-refractivity contribution in [3.05, 3.63) is 59.2 Å². The highest BCUT2D eigenvalue weighted by Gasteiger charge is 2.29. The molecule has 0 saturated carbocycles. The Balaban J connectivity index is 1.39. The molecule has 3 heterocycles. The third kappa shape index (κ3) is 4.77. The Morgan fingerprint density at radius 2 is 1.78 bits per heavy atom. The number of nitrogens with zero attached hydrogens (tertiary/aromatic N) is 5. The molecule has 0 bridgehead atoms. The van der Waals surface area contributed by atoms with Gasteiger partial charge in [-0.3, -0.25) is 0 Å². The minimum atomic E-state index is -3.65. The highest BCUT2D eigenvalue weighted by atomic mass is 35.5. The van der Waals surface area contributed by atoms with Crippen LogP contribution in [0.15, 0.2) is 53.4 Å². The summed E-state index contributed by atoms with van der Waals surface area (Å²) in [6, 6.07) is 13.9. The molecular formula is C21H23ClN6O3S. The minimum absolute atomic E-state index is 0.150. The Morgan fingerprint density at radius 3 is 2.41 bits per heavy atom. The summed E-state index contributed by atoms with van der Waals surface area (Å²) >= 11 is 6.11. The van der Waals surface area contributed by atoms with Gasteiger partial charge in [-0.25, -0.2) is 13.4 Å². The molecule has 0 radical (unpaired) electrons.